The molecular formula is C14H16N4OS. The Labute approximate surface area is 124 Å². The Bertz CT molecular complexity index is 515. The number of thiocarbonyl (C=S) groups is 1. The molecule has 0 saturated carbocycles. The molecule has 0 bridgehead atoms. The molecule has 0 aliphatic carbocycles. The normalized spacial score (nSPS) is 9.15. The van der Waals surface area contributed by atoms with Crippen LogP contribution in [0.5, 0.6) is 5.75 Å². The Morgan fingerprint density at radius 2 is 1.85 bits per heavy atom. The molecule has 6 heteroatoms. The van der Waals surface area contributed by atoms with Crippen LogP contribution in [0.25, 0.3) is 0 Å². The van der Waals surface area contributed by atoms with Gasteiger partial charge >= 0.3 is 0 Å². The Morgan fingerprint density at radius 3 is 2.40 bits per heavy atom. The molecule has 1 N–H and O–H groups in total. The van der Waals surface area contributed by atoms with E-state index in [1.165, 1.54) is 0 Å². The van der Waals surface area contributed by atoms with Crippen LogP contribution in [0.15, 0.2) is 24.3 Å². The second-order valence-electron chi connectivity index (χ2n) is 3.93. The van der Waals surface area contributed by atoms with Gasteiger partial charge in [0.25, 0.3) is 0 Å². The summed E-state index contributed by atoms with van der Waals surface area (Å²) in [4.78, 5) is 1.81. The van der Waals surface area contributed by atoms with Crippen LogP contribution >= 0.6 is 12.2 Å². The first kappa shape index (κ1) is 15.7. The van der Waals surface area contributed by atoms with Crippen LogP contribution in [-0.2, 0) is 0 Å². The zero-order chi connectivity index (χ0) is 14.8. The third-order valence-electron chi connectivity index (χ3n) is 2.62. The summed E-state index contributed by atoms with van der Waals surface area (Å²) in [6.07, 6.45) is 0.721. The van der Waals surface area contributed by atoms with Crippen molar-refractivity contribution < 1.29 is 4.74 Å². The molecule has 20 heavy (non-hydrogen) atoms. The molecule has 0 atom stereocenters. The third-order valence-corrected chi connectivity index (χ3v) is 2.98. The summed E-state index contributed by atoms with van der Waals surface area (Å²) in [7, 11) is 1.59. The molecule has 0 aliphatic heterocycles. The average Bonchev–Trinajstić information content (AvgIpc) is 2.47. The van der Waals surface area contributed by atoms with Crippen LogP contribution < -0.4 is 10.1 Å². The predicted octanol–water partition coefficient (Wildman–Crippen LogP) is 2.52. The minimum atomic E-state index is 0.360. The van der Waals surface area contributed by atoms with Gasteiger partial charge < -0.3 is 15.0 Å². The maximum Gasteiger partial charge on any atom is 0.173 e. The van der Waals surface area contributed by atoms with Crippen molar-refractivity contribution in [3.63, 3.8) is 0 Å². The van der Waals surface area contributed by atoms with E-state index < -0.39 is 0 Å². The van der Waals surface area contributed by atoms with Crippen LogP contribution in [0, 0.1) is 22.7 Å². The molecule has 0 aromatic heterocycles. The van der Waals surface area contributed by atoms with Crippen molar-refractivity contribution in [2.24, 2.45) is 0 Å². The van der Waals surface area contributed by atoms with Gasteiger partial charge in [-0.3, -0.25) is 0 Å². The van der Waals surface area contributed by atoms with E-state index in [4.69, 9.17) is 27.5 Å². The molecule has 1 aromatic carbocycles. The van der Waals surface area contributed by atoms with Gasteiger partial charge in [-0.05, 0) is 24.4 Å². The molecule has 0 heterocycles. The predicted molar refractivity (Wildman–Crippen MR) is 81.2 cm³/mol. The highest BCUT2D eigenvalue weighted by Gasteiger charge is 2.11. The lowest BCUT2D eigenvalue weighted by Crippen LogP contribution is -2.36. The number of nitrogens with one attached hydrogen (secondary N) is 1. The lowest BCUT2D eigenvalue weighted by Gasteiger charge is -2.24. The molecule has 1 rings (SSSR count). The van der Waals surface area contributed by atoms with Crippen molar-refractivity contribution in [3.05, 3.63) is 24.3 Å². The number of nitrogens with zero attached hydrogens (tertiary/aromatic N) is 3. The van der Waals surface area contributed by atoms with E-state index in [1.807, 2.05) is 29.2 Å². The Hall–Kier alpha value is -2.31. The highest BCUT2D eigenvalue weighted by atomic mass is 32.1. The van der Waals surface area contributed by atoms with E-state index in [0.29, 0.717) is 36.8 Å². The van der Waals surface area contributed by atoms with Crippen molar-refractivity contribution in [1.82, 2.24) is 4.90 Å². The number of nitriles is 2. The fraction of sp³-hybridized carbons (Fsp3) is 0.357. The summed E-state index contributed by atoms with van der Waals surface area (Å²) in [5, 5.41) is 20.9. The van der Waals surface area contributed by atoms with Gasteiger partial charge in [-0.2, -0.15) is 10.5 Å². The number of methoxy groups -OCH3 is 1. The van der Waals surface area contributed by atoms with Crippen LogP contribution in [-0.4, -0.2) is 30.2 Å². The molecule has 0 amide bonds. The van der Waals surface area contributed by atoms with Crippen LogP contribution in [0.2, 0.25) is 0 Å². The fourth-order valence-electron chi connectivity index (χ4n) is 1.63. The van der Waals surface area contributed by atoms with E-state index in [9.17, 15) is 0 Å². The summed E-state index contributed by atoms with van der Waals surface area (Å²) in [5.74, 6) is 0.690. The second kappa shape index (κ2) is 8.73. The van der Waals surface area contributed by atoms with Crippen molar-refractivity contribution in [2.45, 2.75) is 12.8 Å². The summed E-state index contributed by atoms with van der Waals surface area (Å²) >= 11 is 5.33. The highest BCUT2D eigenvalue weighted by Crippen LogP contribution is 2.23. The summed E-state index contributed by atoms with van der Waals surface area (Å²) in [6.45, 7) is 0.998. The van der Waals surface area contributed by atoms with Gasteiger partial charge in [-0.1, -0.05) is 12.1 Å². The van der Waals surface area contributed by atoms with Crippen LogP contribution in [0.3, 0.4) is 0 Å². The molecule has 5 nitrogen and oxygen atoms in total. The van der Waals surface area contributed by atoms with Gasteiger partial charge in [0.1, 0.15) is 5.75 Å². The van der Waals surface area contributed by atoms with Crippen molar-refractivity contribution in [2.75, 3.05) is 25.5 Å². The fourth-order valence-corrected chi connectivity index (χ4v) is 1.92. The van der Waals surface area contributed by atoms with Gasteiger partial charge in [-0.15, -0.1) is 0 Å². The van der Waals surface area contributed by atoms with Gasteiger partial charge in [0.05, 0.1) is 37.8 Å². The number of hydrogen-bond acceptors (Lipinski definition) is 4. The number of ether oxygens (including phenoxy) is 1. The quantitative estimate of drug-likeness (QED) is 0.811. The number of anilines is 1. The zero-order valence-electron chi connectivity index (χ0n) is 11.3. The van der Waals surface area contributed by atoms with Gasteiger partial charge in [0, 0.05) is 13.1 Å². The summed E-state index contributed by atoms with van der Waals surface area (Å²) in [6, 6.07) is 11.6. The first-order valence-electron chi connectivity index (χ1n) is 6.15. The first-order chi connectivity index (χ1) is 9.72. The lowest BCUT2D eigenvalue weighted by molar-refractivity contribution is 0.416. The first-order valence-corrected chi connectivity index (χ1v) is 6.56. The third kappa shape index (κ3) is 4.75. The number of hydrogen-bond donors (Lipinski definition) is 1. The van der Waals surface area contributed by atoms with Crippen LogP contribution in [0.1, 0.15) is 12.8 Å². The molecular weight excluding hydrogens is 272 g/mol. The van der Waals surface area contributed by atoms with Crippen molar-refractivity contribution in [3.8, 4) is 17.9 Å². The minimum absolute atomic E-state index is 0.360. The van der Waals surface area contributed by atoms with E-state index in [2.05, 4.69) is 17.5 Å². The Morgan fingerprint density at radius 1 is 1.25 bits per heavy atom. The van der Waals surface area contributed by atoms with E-state index in [1.54, 1.807) is 7.11 Å². The molecule has 0 spiro atoms. The lowest BCUT2D eigenvalue weighted by atomic mass is 10.3. The molecule has 0 fully saturated rings. The second-order valence-corrected chi connectivity index (χ2v) is 4.32. The minimum Gasteiger partial charge on any atom is -0.495 e. The molecule has 104 valence electrons. The van der Waals surface area contributed by atoms with Gasteiger partial charge in [0.15, 0.2) is 5.11 Å². The Balaban J connectivity index is 2.74. The van der Waals surface area contributed by atoms with Gasteiger partial charge in [-0.25, -0.2) is 0 Å². The SMILES string of the molecule is COc1ccccc1NC(=S)N(CCC#N)CCC#N. The van der Waals surface area contributed by atoms with E-state index in [-0.39, 0.29) is 0 Å². The number of benzene rings is 1. The maximum absolute atomic E-state index is 8.67. The molecule has 0 unspecified atom stereocenters. The zero-order valence-corrected chi connectivity index (χ0v) is 12.1. The molecule has 1 aromatic rings. The van der Waals surface area contributed by atoms with E-state index >= 15 is 0 Å². The van der Waals surface area contributed by atoms with Crippen molar-refractivity contribution >= 4 is 23.0 Å². The largest absolute Gasteiger partial charge is 0.495 e. The summed E-state index contributed by atoms with van der Waals surface area (Å²) < 4.78 is 5.24. The van der Waals surface area contributed by atoms with Gasteiger partial charge in [0.2, 0.25) is 0 Å². The average molecular weight is 288 g/mol. The Kier molecular flexibility index (Phi) is 6.88. The standard InChI is InChI=1S/C14H16N4OS/c1-19-13-7-3-2-6-12(13)17-14(20)18(10-4-8-15)11-5-9-16/h2-3,6-7H,4-5,10-11H2,1H3,(H,17,20). The van der Waals surface area contributed by atoms with E-state index in [0.717, 1.165) is 5.69 Å². The molecule has 0 saturated heterocycles. The topological polar surface area (TPSA) is 72.1 Å². The highest BCUT2D eigenvalue weighted by molar-refractivity contribution is 7.80. The number of para-hydroxylation sites is 2. The van der Waals surface area contributed by atoms with Crippen molar-refractivity contribution in [1.29, 1.82) is 10.5 Å². The molecule has 0 aliphatic rings. The smallest absolute Gasteiger partial charge is 0.173 e. The number of rotatable bonds is 6. The van der Waals surface area contributed by atoms with Crippen LogP contribution in [0.4, 0.5) is 5.69 Å². The monoisotopic (exact) mass is 288 g/mol. The summed E-state index contributed by atoms with van der Waals surface area (Å²) in [5.41, 5.74) is 0.763. The molecule has 0 radical (unpaired) electrons. The maximum atomic E-state index is 8.67.